The zero-order chi connectivity index (χ0) is 14.7. The largest absolute Gasteiger partial charge is 0.383 e. The number of benzene rings is 1. The van der Waals surface area contributed by atoms with Crippen molar-refractivity contribution in [2.24, 2.45) is 0 Å². The number of aromatic nitrogens is 2. The van der Waals surface area contributed by atoms with Crippen LogP contribution in [-0.4, -0.2) is 9.55 Å². The normalized spacial score (nSPS) is 18.2. The third kappa shape index (κ3) is 2.01. The van der Waals surface area contributed by atoms with Gasteiger partial charge in [-0.2, -0.15) is 0 Å². The molecule has 0 atom stereocenters. The topological polar surface area (TPSA) is 43.8 Å². The van der Waals surface area contributed by atoms with E-state index < -0.39 is 17.5 Å². The van der Waals surface area contributed by atoms with Crippen molar-refractivity contribution >= 4 is 5.82 Å². The summed E-state index contributed by atoms with van der Waals surface area (Å²) in [7, 11) is 0. The Balaban J connectivity index is 1.89. The highest BCUT2D eigenvalue weighted by atomic mass is 19.2. The number of nitrogens with two attached hydrogens (primary N) is 1. The van der Waals surface area contributed by atoms with E-state index in [0.29, 0.717) is 23.8 Å². The van der Waals surface area contributed by atoms with Crippen LogP contribution in [0.1, 0.15) is 43.5 Å². The average Bonchev–Trinajstić information content (AvgIpc) is 3.33. The number of anilines is 1. The molecule has 1 heterocycles. The van der Waals surface area contributed by atoms with Crippen molar-refractivity contribution in [3.63, 3.8) is 0 Å². The third-order valence-corrected chi connectivity index (χ3v) is 4.09. The molecular formula is C15H14F3N3. The van der Waals surface area contributed by atoms with Crippen LogP contribution in [0.25, 0.3) is 11.3 Å². The standard InChI is InChI=1S/C15H14F3N3/c16-10-6-12(18)11(17)5-9(10)13-14(19)21(8-3-4-8)15(20-13)7-1-2-7/h5-8H,1-4,19H2. The van der Waals surface area contributed by atoms with Gasteiger partial charge in [-0.25, -0.2) is 18.2 Å². The first-order chi connectivity index (χ1) is 10.1. The van der Waals surface area contributed by atoms with Crippen molar-refractivity contribution in [2.45, 2.75) is 37.6 Å². The maximum absolute atomic E-state index is 14.0. The minimum absolute atomic E-state index is 0.0762. The smallest absolute Gasteiger partial charge is 0.161 e. The maximum Gasteiger partial charge on any atom is 0.161 e. The van der Waals surface area contributed by atoms with Crippen molar-refractivity contribution in [2.75, 3.05) is 5.73 Å². The molecule has 0 unspecified atom stereocenters. The van der Waals surface area contributed by atoms with Gasteiger partial charge in [0.1, 0.15) is 23.2 Å². The molecule has 4 rings (SSSR count). The summed E-state index contributed by atoms with van der Waals surface area (Å²) < 4.78 is 42.4. The SMILES string of the molecule is Nc1c(-c2cc(F)c(F)cc2F)nc(C2CC2)n1C1CC1. The summed E-state index contributed by atoms with van der Waals surface area (Å²) >= 11 is 0. The van der Waals surface area contributed by atoms with Crippen molar-refractivity contribution < 1.29 is 13.2 Å². The lowest BCUT2D eigenvalue weighted by Gasteiger charge is -2.07. The summed E-state index contributed by atoms with van der Waals surface area (Å²) in [6.45, 7) is 0. The van der Waals surface area contributed by atoms with E-state index >= 15 is 0 Å². The second kappa shape index (κ2) is 4.26. The highest BCUT2D eigenvalue weighted by Crippen LogP contribution is 2.48. The molecule has 2 saturated carbocycles. The molecule has 0 radical (unpaired) electrons. The van der Waals surface area contributed by atoms with E-state index in [1.807, 2.05) is 4.57 Å². The molecular weight excluding hydrogens is 279 g/mol. The number of hydrogen-bond donors (Lipinski definition) is 1. The van der Waals surface area contributed by atoms with Gasteiger partial charge in [-0.1, -0.05) is 0 Å². The fraction of sp³-hybridized carbons (Fsp3) is 0.400. The molecule has 0 spiro atoms. The predicted octanol–water partition coefficient (Wildman–Crippen LogP) is 3.76. The Morgan fingerprint density at radius 2 is 1.67 bits per heavy atom. The molecule has 2 N–H and O–H groups in total. The van der Waals surface area contributed by atoms with Gasteiger partial charge in [0.05, 0.1) is 0 Å². The van der Waals surface area contributed by atoms with Gasteiger partial charge in [0.25, 0.3) is 0 Å². The summed E-state index contributed by atoms with van der Waals surface area (Å²) in [6.07, 6.45) is 4.14. The van der Waals surface area contributed by atoms with Crippen LogP contribution in [0.3, 0.4) is 0 Å². The number of nitrogens with zero attached hydrogens (tertiary/aromatic N) is 2. The summed E-state index contributed by atoms with van der Waals surface area (Å²) in [5.74, 6) is -1.59. The summed E-state index contributed by atoms with van der Waals surface area (Å²) in [5, 5.41) is 0. The Bertz CT molecular complexity index is 730. The monoisotopic (exact) mass is 293 g/mol. The molecule has 3 nitrogen and oxygen atoms in total. The molecule has 0 bridgehead atoms. The van der Waals surface area contributed by atoms with Gasteiger partial charge in [-0.15, -0.1) is 0 Å². The van der Waals surface area contributed by atoms with E-state index in [-0.39, 0.29) is 11.3 Å². The second-order valence-electron chi connectivity index (χ2n) is 5.83. The van der Waals surface area contributed by atoms with Gasteiger partial charge < -0.3 is 10.3 Å². The van der Waals surface area contributed by atoms with E-state index in [1.165, 1.54) is 0 Å². The van der Waals surface area contributed by atoms with Crippen molar-refractivity contribution in [3.8, 4) is 11.3 Å². The Kier molecular flexibility index (Phi) is 2.58. The number of rotatable bonds is 3. The Morgan fingerprint density at radius 3 is 2.29 bits per heavy atom. The molecule has 0 saturated heterocycles. The van der Waals surface area contributed by atoms with Crippen LogP contribution in [-0.2, 0) is 0 Å². The van der Waals surface area contributed by atoms with E-state index in [1.54, 1.807) is 0 Å². The molecule has 2 aliphatic carbocycles. The molecule has 1 aromatic carbocycles. The summed E-state index contributed by atoms with van der Waals surface area (Å²) in [5.41, 5.74) is 6.26. The van der Waals surface area contributed by atoms with Gasteiger partial charge in [0.2, 0.25) is 0 Å². The van der Waals surface area contributed by atoms with E-state index in [2.05, 4.69) is 4.98 Å². The summed E-state index contributed by atoms with van der Waals surface area (Å²) in [6, 6.07) is 1.68. The highest BCUT2D eigenvalue weighted by molar-refractivity contribution is 5.72. The van der Waals surface area contributed by atoms with Crippen molar-refractivity contribution in [3.05, 3.63) is 35.4 Å². The van der Waals surface area contributed by atoms with Crippen molar-refractivity contribution in [1.29, 1.82) is 0 Å². The number of hydrogen-bond acceptors (Lipinski definition) is 2. The lowest BCUT2D eigenvalue weighted by Crippen LogP contribution is -2.04. The zero-order valence-corrected chi connectivity index (χ0v) is 11.2. The van der Waals surface area contributed by atoms with Gasteiger partial charge in [0.15, 0.2) is 11.6 Å². The molecule has 2 aromatic rings. The molecule has 2 aliphatic rings. The Morgan fingerprint density at radius 1 is 1.00 bits per heavy atom. The van der Waals surface area contributed by atoms with E-state index in [0.717, 1.165) is 37.6 Å². The maximum atomic E-state index is 14.0. The van der Waals surface area contributed by atoms with E-state index in [9.17, 15) is 13.2 Å². The van der Waals surface area contributed by atoms with Gasteiger partial charge >= 0.3 is 0 Å². The molecule has 0 amide bonds. The minimum Gasteiger partial charge on any atom is -0.383 e. The third-order valence-electron chi connectivity index (χ3n) is 4.09. The average molecular weight is 293 g/mol. The molecule has 110 valence electrons. The van der Waals surface area contributed by atoms with Crippen LogP contribution in [0, 0.1) is 17.5 Å². The van der Waals surface area contributed by atoms with Gasteiger partial charge in [-0.05, 0) is 31.7 Å². The Labute approximate surface area is 119 Å². The second-order valence-corrected chi connectivity index (χ2v) is 5.83. The first-order valence-corrected chi connectivity index (χ1v) is 7.08. The fourth-order valence-electron chi connectivity index (χ4n) is 2.71. The van der Waals surface area contributed by atoms with E-state index in [4.69, 9.17) is 5.73 Å². The Hall–Kier alpha value is -1.98. The van der Waals surface area contributed by atoms with Crippen LogP contribution in [0.5, 0.6) is 0 Å². The highest BCUT2D eigenvalue weighted by Gasteiger charge is 2.37. The van der Waals surface area contributed by atoms with Crippen LogP contribution >= 0.6 is 0 Å². The number of halogens is 3. The molecule has 1 aromatic heterocycles. The van der Waals surface area contributed by atoms with Crippen molar-refractivity contribution in [1.82, 2.24) is 9.55 Å². The van der Waals surface area contributed by atoms with Crippen LogP contribution in [0.4, 0.5) is 19.0 Å². The first-order valence-electron chi connectivity index (χ1n) is 7.08. The fourth-order valence-corrected chi connectivity index (χ4v) is 2.71. The van der Waals surface area contributed by atoms with Crippen LogP contribution < -0.4 is 5.73 Å². The molecule has 0 aliphatic heterocycles. The minimum atomic E-state index is -1.21. The van der Waals surface area contributed by atoms with Crippen LogP contribution in [0.2, 0.25) is 0 Å². The predicted molar refractivity (Wildman–Crippen MR) is 72.2 cm³/mol. The zero-order valence-electron chi connectivity index (χ0n) is 11.2. The molecule has 21 heavy (non-hydrogen) atoms. The quantitative estimate of drug-likeness (QED) is 0.876. The lowest BCUT2D eigenvalue weighted by atomic mass is 10.1. The number of imidazole rings is 1. The van der Waals surface area contributed by atoms with Gasteiger partial charge in [0, 0.05) is 23.6 Å². The molecule has 6 heteroatoms. The summed E-state index contributed by atoms with van der Waals surface area (Å²) in [4.78, 5) is 4.44. The lowest BCUT2D eigenvalue weighted by molar-refractivity contribution is 0.496. The number of nitrogen functional groups attached to an aromatic ring is 1. The van der Waals surface area contributed by atoms with Crippen LogP contribution in [0.15, 0.2) is 12.1 Å². The van der Waals surface area contributed by atoms with Gasteiger partial charge in [-0.3, -0.25) is 0 Å². The first kappa shape index (κ1) is 12.7. The molecule has 2 fully saturated rings.